The number of rotatable bonds is 1. The molecule has 0 saturated heterocycles. The summed E-state index contributed by atoms with van der Waals surface area (Å²) in [5.74, 6) is 0.140. The van der Waals surface area contributed by atoms with Crippen molar-refractivity contribution >= 4 is 0 Å². The zero-order chi connectivity index (χ0) is 11.7. The molecule has 0 bridgehead atoms. The monoisotopic (exact) mass is 224 g/mol. The molecule has 86 valence electrons. The van der Waals surface area contributed by atoms with E-state index in [0.29, 0.717) is 0 Å². The molecule has 0 saturated carbocycles. The van der Waals surface area contributed by atoms with E-state index in [1.54, 1.807) is 0 Å². The van der Waals surface area contributed by atoms with Crippen LogP contribution in [0.15, 0.2) is 54.6 Å². The minimum Gasteiger partial charge on any atom is -0.392 e. The van der Waals surface area contributed by atoms with Crippen LogP contribution in [0, 0.1) is 0 Å². The first-order valence-corrected chi connectivity index (χ1v) is 6.17. The van der Waals surface area contributed by atoms with Crippen molar-refractivity contribution in [3.8, 4) is 0 Å². The fourth-order valence-electron chi connectivity index (χ4n) is 2.80. The maximum Gasteiger partial charge on any atom is 0.0652 e. The van der Waals surface area contributed by atoms with E-state index < -0.39 is 0 Å². The molecule has 2 unspecified atom stereocenters. The molecule has 0 aromatic heterocycles. The summed E-state index contributed by atoms with van der Waals surface area (Å²) in [6.07, 6.45) is 1.59. The molecule has 2 aromatic carbocycles. The molecule has 2 aromatic rings. The summed E-state index contributed by atoms with van der Waals surface area (Å²) in [4.78, 5) is 0. The highest BCUT2D eigenvalue weighted by Crippen LogP contribution is 2.36. The van der Waals surface area contributed by atoms with Gasteiger partial charge in [0.25, 0.3) is 0 Å². The Morgan fingerprint density at radius 3 is 2.41 bits per heavy atom. The first-order chi connectivity index (χ1) is 8.36. The van der Waals surface area contributed by atoms with Crippen molar-refractivity contribution in [2.24, 2.45) is 0 Å². The van der Waals surface area contributed by atoms with Crippen LogP contribution in [0.2, 0.25) is 0 Å². The van der Waals surface area contributed by atoms with Gasteiger partial charge in [-0.05, 0) is 29.5 Å². The molecule has 1 aliphatic rings. The number of aliphatic hydroxyl groups excluding tert-OH is 1. The van der Waals surface area contributed by atoms with Crippen molar-refractivity contribution in [3.63, 3.8) is 0 Å². The van der Waals surface area contributed by atoms with Gasteiger partial charge in [0.15, 0.2) is 0 Å². The maximum absolute atomic E-state index is 10.3. The molecule has 0 aliphatic heterocycles. The van der Waals surface area contributed by atoms with E-state index >= 15 is 0 Å². The fraction of sp³-hybridized carbons (Fsp3) is 0.250. The molecule has 0 heterocycles. The highest BCUT2D eigenvalue weighted by molar-refractivity contribution is 5.41. The highest BCUT2D eigenvalue weighted by atomic mass is 16.3. The van der Waals surface area contributed by atoms with Crippen molar-refractivity contribution in [1.29, 1.82) is 0 Å². The topological polar surface area (TPSA) is 20.2 Å². The van der Waals surface area contributed by atoms with Crippen LogP contribution < -0.4 is 0 Å². The Bertz CT molecular complexity index is 504. The summed E-state index contributed by atoms with van der Waals surface area (Å²) < 4.78 is 0. The quantitative estimate of drug-likeness (QED) is 0.789. The van der Waals surface area contributed by atoms with E-state index in [9.17, 15) is 5.11 Å². The number of aryl methyl sites for hydroxylation is 1. The molecule has 0 spiro atoms. The number of hydrogen-bond acceptors (Lipinski definition) is 1. The van der Waals surface area contributed by atoms with Gasteiger partial charge in [0.1, 0.15) is 0 Å². The molecule has 3 rings (SSSR count). The number of fused-ring (bicyclic) bond motifs is 1. The molecular weight excluding hydrogens is 208 g/mol. The minimum absolute atomic E-state index is 0.140. The van der Waals surface area contributed by atoms with E-state index in [-0.39, 0.29) is 12.0 Å². The third-order valence-corrected chi connectivity index (χ3v) is 3.64. The first kappa shape index (κ1) is 10.5. The Balaban J connectivity index is 2.10. The van der Waals surface area contributed by atoms with Crippen molar-refractivity contribution in [2.45, 2.75) is 24.9 Å². The van der Waals surface area contributed by atoms with Gasteiger partial charge in [0.05, 0.1) is 6.10 Å². The molecule has 0 radical (unpaired) electrons. The first-order valence-electron chi connectivity index (χ1n) is 6.17. The van der Waals surface area contributed by atoms with Crippen molar-refractivity contribution in [1.82, 2.24) is 0 Å². The van der Waals surface area contributed by atoms with Gasteiger partial charge < -0.3 is 5.11 Å². The van der Waals surface area contributed by atoms with E-state index in [1.807, 2.05) is 18.2 Å². The summed E-state index contributed by atoms with van der Waals surface area (Å²) in [6.45, 7) is 0. The molecule has 1 nitrogen and oxygen atoms in total. The maximum atomic E-state index is 10.3. The number of benzene rings is 2. The van der Waals surface area contributed by atoms with Gasteiger partial charge in [-0.2, -0.15) is 0 Å². The van der Waals surface area contributed by atoms with Gasteiger partial charge in [0.2, 0.25) is 0 Å². The van der Waals surface area contributed by atoms with Crippen molar-refractivity contribution < 1.29 is 5.11 Å². The summed E-state index contributed by atoms with van der Waals surface area (Å²) in [7, 11) is 0. The zero-order valence-electron chi connectivity index (χ0n) is 9.71. The second kappa shape index (κ2) is 4.34. The molecule has 17 heavy (non-hydrogen) atoms. The van der Waals surface area contributed by atoms with Gasteiger partial charge in [0, 0.05) is 5.92 Å². The summed E-state index contributed by atoms with van der Waals surface area (Å²) >= 11 is 0. The Labute approximate surface area is 102 Å². The van der Waals surface area contributed by atoms with Gasteiger partial charge >= 0.3 is 0 Å². The van der Waals surface area contributed by atoms with Crippen LogP contribution in [0.25, 0.3) is 0 Å². The standard InChI is InChI=1S/C16H16O/c17-15-11-10-12-6-4-5-9-14(12)16(15)13-7-2-1-3-8-13/h1-9,15-17H,10-11H2. The van der Waals surface area contributed by atoms with E-state index in [0.717, 1.165) is 12.8 Å². The lowest BCUT2D eigenvalue weighted by Gasteiger charge is -2.30. The smallest absolute Gasteiger partial charge is 0.0652 e. The van der Waals surface area contributed by atoms with Crippen LogP contribution in [0.5, 0.6) is 0 Å². The molecule has 1 N–H and O–H groups in total. The van der Waals surface area contributed by atoms with Gasteiger partial charge in [-0.15, -0.1) is 0 Å². The molecule has 2 atom stereocenters. The Kier molecular flexibility index (Phi) is 2.69. The van der Waals surface area contributed by atoms with Crippen molar-refractivity contribution in [3.05, 3.63) is 71.3 Å². The summed E-state index contributed by atoms with van der Waals surface area (Å²) in [5, 5.41) is 10.3. The summed E-state index contributed by atoms with van der Waals surface area (Å²) in [5.41, 5.74) is 3.89. The van der Waals surface area contributed by atoms with Crippen LogP contribution in [-0.4, -0.2) is 11.2 Å². The van der Waals surface area contributed by atoms with Crippen LogP contribution in [0.4, 0.5) is 0 Å². The Morgan fingerprint density at radius 1 is 0.882 bits per heavy atom. The van der Waals surface area contributed by atoms with Gasteiger partial charge in [-0.1, -0.05) is 54.6 Å². The van der Waals surface area contributed by atoms with Crippen molar-refractivity contribution in [2.75, 3.05) is 0 Å². The number of hydrogen-bond donors (Lipinski definition) is 1. The largest absolute Gasteiger partial charge is 0.392 e. The van der Waals surface area contributed by atoms with E-state index in [1.165, 1.54) is 16.7 Å². The Hall–Kier alpha value is -1.60. The van der Waals surface area contributed by atoms with E-state index in [4.69, 9.17) is 0 Å². The Morgan fingerprint density at radius 2 is 1.59 bits per heavy atom. The molecule has 1 aliphatic carbocycles. The highest BCUT2D eigenvalue weighted by Gasteiger charge is 2.28. The number of aliphatic hydroxyl groups is 1. The SMILES string of the molecule is OC1CCc2ccccc2C1c1ccccc1. The normalized spacial score (nSPS) is 23.1. The van der Waals surface area contributed by atoms with Gasteiger partial charge in [-0.3, -0.25) is 0 Å². The third kappa shape index (κ3) is 1.87. The minimum atomic E-state index is -0.257. The van der Waals surface area contributed by atoms with Gasteiger partial charge in [-0.25, -0.2) is 0 Å². The predicted octanol–water partition coefficient (Wildman–Crippen LogP) is 3.13. The zero-order valence-corrected chi connectivity index (χ0v) is 9.71. The third-order valence-electron chi connectivity index (χ3n) is 3.64. The van der Waals surface area contributed by atoms with Crippen LogP contribution in [-0.2, 0) is 6.42 Å². The predicted molar refractivity (Wildman–Crippen MR) is 69.1 cm³/mol. The lowest BCUT2D eigenvalue weighted by molar-refractivity contribution is 0.140. The summed E-state index contributed by atoms with van der Waals surface area (Å²) in [6, 6.07) is 18.8. The average molecular weight is 224 g/mol. The lowest BCUT2D eigenvalue weighted by Crippen LogP contribution is -2.26. The van der Waals surface area contributed by atoms with E-state index in [2.05, 4.69) is 36.4 Å². The lowest BCUT2D eigenvalue weighted by atomic mass is 9.77. The molecular formula is C16H16O. The molecule has 1 heteroatoms. The second-order valence-corrected chi connectivity index (χ2v) is 4.69. The van der Waals surface area contributed by atoms with Crippen LogP contribution >= 0.6 is 0 Å². The van der Waals surface area contributed by atoms with Crippen LogP contribution in [0.3, 0.4) is 0 Å². The van der Waals surface area contributed by atoms with Crippen LogP contribution in [0.1, 0.15) is 29.0 Å². The molecule has 0 fully saturated rings. The second-order valence-electron chi connectivity index (χ2n) is 4.69. The fourth-order valence-corrected chi connectivity index (χ4v) is 2.80. The average Bonchev–Trinajstić information content (AvgIpc) is 2.39. The molecule has 0 amide bonds.